The summed E-state index contributed by atoms with van der Waals surface area (Å²) >= 11 is -0.722. The van der Waals surface area contributed by atoms with Crippen LogP contribution in [0.25, 0.3) is 5.65 Å². The fourth-order valence-corrected chi connectivity index (χ4v) is 3.48. The third kappa shape index (κ3) is 4.30. The summed E-state index contributed by atoms with van der Waals surface area (Å²) in [6.07, 6.45) is 3.02. The number of imidazole rings is 1. The van der Waals surface area contributed by atoms with Crippen molar-refractivity contribution in [2.45, 2.75) is 9.79 Å². The molecule has 10 heteroatoms. The van der Waals surface area contributed by atoms with E-state index in [0.717, 1.165) is 9.79 Å². The van der Waals surface area contributed by atoms with Crippen molar-refractivity contribution in [1.82, 2.24) is 13.3 Å². The van der Waals surface area contributed by atoms with Gasteiger partial charge in [0.1, 0.15) is 11.3 Å². The minimum Gasteiger partial charge on any atom is -0.724 e. The van der Waals surface area contributed by atoms with Gasteiger partial charge in [0.05, 0.1) is 27.4 Å². The number of nitrogens with one attached hydrogen (secondary N) is 1. The summed E-state index contributed by atoms with van der Waals surface area (Å²) in [7, 11) is 4.51. The first kappa shape index (κ1) is 19.4. The Labute approximate surface area is 163 Å². The van der Waals surface area contributed by atoms with Crippen molar-refractivity contribution in [2.75, 3.05) is 26.5 Å². The number of fused-ring (bicyclic) bond motifs is 1. The number of aromatic nitrogens is 2. The zero-order chi connectivity index (χ0) is 19.6. The molecule has 1 unspecified atom stereocenters. The Balaban J connectivity index is 1.78. The van der Waals surface area contributed by atoms with Gasteiger partial charge in [-0.1, -0.05) is 11.8 Å². The van der Waals surface area contributed by atoms with Crippen LogP contribution >= 0.6 is 11.8 Å². The highest BCUT2D eigenvalue weighted by Crippen LogP contribution is 2.31. The average molecular weight is 406 g/mol. The second-order valence-corrected chi connectivity index (χ2v) is 8.53. The van der Waals surface area contributed by atoms with Crippen molar-refractivity contribution in [3.05, 3.63) is 48.8 Å². The highest BCUT2D eigenvalue weighted by Gasteiger charge is 2.20. The van der Waals surface area contributed by atoms with E-state index in [2.05, 4.69) is 15.0 Å². The summed E-state index contributed by atoms with van der Waals surface area (Å²) in [4.78, 5) is 17.5. The monoisotopic (exact) mass is 406 g/mol. The SMILES string of the molecule is COC(=O)Nc1cn2cc(Sc3ccc([N+](C)(C)S(=O)[O-])cc3)ccc2n1. The first-order valence-electron chi connectivity index (χ1n) is 7.86. The van der Waals surface area contributed by atoms with Crippen LogP contribution in [0, 0.1) is 0 Å². The fraction of sp³-hybridized carbons (Fsp3) is 0.176. The second-order valence-electron chi connectivity index (χ2n) is 6.04. The highest BCUT2D eigenvalue weighted by atomic mass is 32.2. The number of amides is 1. The smallest absolute Gasteiger partial charge is 0.412 e. The molecule has 0 radical (unpaired) electrons. The van der Waals surface area contributed by atoms with E-state index in [1.165, 1.54) is 18.9 Å². The van der Waals surface area contributed by atoms with Gasteiger partial charge in [-0.25, -0.2) is 17.9 Å². The molecule has 0 aliphatic heterocycles. The number of carbonyl (C=O) groups excluding carboxylic acids is 1. The van der Waals surface area contributed by atoms with Gasteiger partial charge in [0.15, 0.2) is 17.1 Å². The Morgan fingerprint density at radius 3 is 2.48 bits per heavy atom. The lowest BCUT2D eigenvalue weighted by molar-refractivity contribution is 0.187. The van der Waals surface area contributed by atoms with Gasteiger partial charge < -0.3 is 13.7 Å². The molecule has 3 aromatic rings. The quantitative estimate of drug-likeness (QED) is 0.517. The van der Waals surface area contributed by atoms with Crippen LogP contribution in [0.3, 0.4) is 0 Å². The molecule has 0 fully saturated rings. The average Bonchev–Trinajstić information content (AvgIpc) is 3.03. The second kappa shape index (κ2) is 7.69. The maximum absolute atomic E-state index is 11.3. The number of ether oxygens (including phenoxy) is 1. The predicted molar refractivity (Wildman–Crippen MR) is 104 cm³/mol. The molecule has 1 N–H and O–H groups in total. The molecule has 1 aromatic carbocycles. The number of hydrogen-bond acceptors (Lipinski definition) is 6. The van der Waals surface area contributed by atoms with E-state index >= 15 is 0 Å². The summed E-state index contributed by atoms with van der Waals surface area (Å²) < 4.78 is 28.8. The molecule has 3 rings (SSSR count). The molecule has 8 nitrogen and oxygen atoms in total. The molecule has 0 saturated carbocycles. The Morgan fingerprint density at radius 2 is 1.85 bits per heavy atom. The summed E-state index contributed by atoms with van der Waals surface area (Å²) in [6, 6.07) is 11.1. The van der Waals surface area contributed by atoms with Gasteiger partial charge in [0.25, 0.3) is 0 Å². The predicted octanol–water partition coefficient (Wildman–Crippen LogP) is 3.02. The Morgan fingerprint density at radius 1 is 1.19 bits per heavy atom. The van der Waals surface area contributed by atoms with Crippen molar-refractivity contribution in [2.24, 2.45) is 0 Å². The van der Waals surface area contributed by atoms with Crippen molar-refractivity contribution in [3.8, 4) is 0 Å². The minimum atomic E-state index is -2.26. The van der Waals surface area contributed by atoms with E-state index < -0.39 is 17.4 Å². The van der Waals surface area contributed by atoms with Crippen molar-refractivity contribution in [1.29, 1.82) is 0 Å². The molecule has 0 aliphatic rings. The molecular formula is C17H18N4O4S2. The molecule has 1 amide bonds. The van der Waals surface area contributed by atoms with E-state index in [0.29, 0.717) is 17.2 Å². The molecular weight excluding hydrogens is 388 g/mol. The fourth-order valence-electron chi connectivity index (χ4n) is 2.34. The molecule has 1 atom stereocenters. The van der Waals surface area contributed by atoms with E-state index in [9.17, 15) is 13.6 Å². The van der Waals surface area contributed by atoms with Gasteiger partial charge in [0, 0.05) is 28.1 Å². The van der Waals surface area contributed by atoms with Crippen molar-refractivity contribution < 1.29 is 18.3 Å². The lowest BCUT2D eigenvalue weighted by Crippen LogP contribution is -2.41. The van der Waals surface area contributed by atoms with Crippen LogP contribution in [0.5, 0.6) is 0 Å². The van der Waals surface area contributed by atoms with Crippen molar-refractivity contribution in [3.63, 3.8) is 0 Å². The zero-order valence-electron chi connectivity index (χ0n) is 14.9. The number of quaternary nitrogens is 1. The lowest BCUT2D eigenvalue weighted by atomic mass is 10.3. The van der Waals surface area contributed by atoms with Gasteiger partial charge in [-0.15, -0.1) is 0 Å². The van der Waals surface area contributed by atoms with Crippen molar-refractivity contribution >= 4 is 46.3 Å². The maximum Gasteiger partial charge on any atom is 0.412 e. The number of rotatable bonds is 5. The molecule has 0 spiro atoms. The Bertz CT molecular complexity index is 1000. The largest absolute Gasteiger partial charge is 0.724 e. The standard InChI is InChI=1S/C17H18N4O4S2/c1-21(2,27(23)24)12-4-6-13(7-5-12)26-14-8-9-16-18-15(11-20(16)10-14)19-17(22)25-3/h4-11H,1-3H3,(H-,19,22,23,24). The minimum absolute atomic E-state index is 0.234. The van der Waals surface area contributed by atoms with Crippen LogP contribution in [0.15, 0.2) is 58.6 Å². The molecule has 2 aromatic heterocycles. The van der Waals surface area contributed by atoms with Gasteiger partial charge in [-0.2, -0.15) is 0 Å². The number of carbonyl (C=O) groups is 1. The zero-order valence-corrected chi connectivity index (χ0v) is 16.5. The van der Waals surface area contributed by atoms with Gasteiger partial charge >= 0.3 is 6.09 Å². The van der Waals surface area contributed by atoms with E-state index in [1.54, 1.807) is 32.4 Å². The first-order chi connectivity index (χ1) is 12.8. The third-order valence-electron chi connectivity index (χ3n) is 3.91. The Kier molecular flexibility index (Phi) is 5.51. The summed E-state index contributed by atoms with van der Waals surface area (Å²) in [5, 5.41) is 2.53. The molecule has 0 saturated heterocycles. The molecule has 0 aliphatic carbocycles. The van der Waals surface area contributed by atoms with Gasteiger partial charge in [0.2, 0.25) is 0 Å². The van der Waals surface area contributed by atoms with E-state index in [-0.39, 0.29) is 3.89 Å². The van der Waals surface area contributed by atoms with E-state index in [1.807, 2.05) is 34.9 Å². The van der Waals surface area contributed by atoms with E-state index in [4.69, 9.17) is 0 Å². The van der Waals surface area contributed by atoms with Crippen LogP contribution in [-0.2, 0) is 16.0 Å². The first-order valence-corrected chi connectivity index (χ1v) is 9.70. The molecule has 142 valence electrons. The van der Waals surface area contributed by atoms with Crippen LogP contribution < -0.4 is 9.21 Å². The number of methoxy groups -OCH3 is 1. The number of anilines is 1. The van der Waals surface area contributed by atoms with Crippen LogP contribution in [0.1, 0.15) is 0 Å². The van der Waals surface area contributed by atoms with Crippen LogP contribution in [-0.4, -0.2) is 45.4 Å². The normalized spacial score (nSPS) is 12.7. The van der Waals surface area contributed by atoms with Gasteiger partial charge in [-0.3, -0.25) is 5.32 Å². The number of hydrogen-bond donors (Lipinski definition) is 1. The summed E-state index contributed by atoms with van der Waals surface area (Å²) in [5.74, 6) is 0.402. The topological polar surface area (TPSA) is 95.8 Å². The maximum atomic E-state index is 11.3. The molecule has 27 heavy (non-hydrogen) atoms. The summed E-state index contributed by atoms with van der Waals surface area (Å²) in [5.41, 5.74) is 1.37. The van der Waals surface area contributed by atoms with Crippen LogP contribution in [0.2, 0.25) is 0 Å². The number of benzene rings is 1. The Hall–Kier alpha value is -2.40. The lowest BCUT2D eigenvalue weighted by Gasteiger charge is -2.29. The molecule has 2 heterocycles. The highest BCUT2D eigenvalue weighted by molar-refractivity contribution is 7.99. The number of pyridine rings is 1. The van der Waals surface area contributed by atoms with Gasteiger partial charge in [-0.05, 0) is 24.3 Å². The number of nitrogens with zero attached hydrogens (tertiary/aromatic N) is 3. The van der Waals surface area contributed by atoms with Crippen LogP contribution in [0.4, 0.5) is 16.3 Å². The summed E-state index contributed by atoms with van der Waals surface area (Å²) in [6.45, 7) is 0. The molecule has 0 bridgehead atoms. The third-order valence-corrected chi connectivity index (χ3v) is 5.85.